The quantitative estimate of drug-likeness (QED) is 0.733. The molecule has 24 heavy (non-hydrogen) atoms. The highest BCUT2D eigenvalue weighted by atomic mass is 32.1. The molecule has 0 saturated heterocycles. The fraction of sp³-hybridized carbons (Fsp3) is 0.529. The maximum absolute atomic E-state index is 13.8. The molecule has 130 valence electrons. The van der Waals surface area contributed by atoms with Crippen LogP contribution >= 0.6 is 12.2 Å². The number of rotatable bonds is 4. The van der Waals surface area contributed by atoms with Gasteiger partial charge >= 0.3 is 0 Å². The lowest BCUT2D eigenvalue weighted by Crippen LogP contribution is -2.39. The first-order valence-electron chi connectivity index (χ1n) is 8.30. The Bertz CT molecular complexity index is 791. The van der Waals surface area contributed by atoms with Gasteiger partial charge in [-0.25, -0.2) is 4.39 Å². The Labute approximate surface area is 145 Å². The molecule has 0 radical (unpaired) electrons. The van der Waals surface area contributed by atoms with Gasteiger partial charge in [0.15, 0.2) is 4.77 Å². The minimum Gasteiger partial charge on any atom is -0.376 e. The summed E-state index contributed by atoms with van der Waals surface area (Å²) in [5.41, 5.74) is 1.31. The molecule has 7 heteroatoms. The van der Waals surface area contributed by atoms with Crippen LogP contribution < -0.4 is 5.32 Å². The van der Waals surface area contributed by atoms with Crippen LogP contribution in [0.25, 0.3) is 11.0 Å². The van der Waals surface area contributed by atoms with Gasteiger partial charge < -0.3 is 20.0 Å². The summed E-state index contributed by atoms with van der Waals surface area (Å²) in [5.74, 6) is -0.745. The largest absolute Gasteiger partial charge is 0.376 e. The van der Waals surface area contributed by atoms with Crippen LogP contribution in [0.4, 0.5) is 4.39 Å². The van der Waals surface area contributed by atoms with Crippen LogP contribution in [-0.4, -0.2) is 34.1 Å². The topological polar surface area (TPSA) is 69.9 Å². The highest BCUT2D eigenvalue weighted by Crippen LogP contribution is 2.23. The molecule has 0 unspecified atom stereocenters. The monoisotopic (exact) mass is 351 g/mol. The molecule has 1 heterocycles. The molecule has 3 N–H and O–H groups in total. The number of fused-ring (bicyclic) bond motifs is 1. The van der Waals surface area contributed by atoms with Crippen molar-refractivity contribution in [3.63, 3.8) is 0 Å². The van der Waals surface area contributed by atoms with Gasteiger partial charge in [0.25, 0.3) is 5.91 Å². The molecule has 0 spiro atoms. The van der Waals surface area contributed by atoms with Gasteiger partial charge in [0.05, 0.1) is 28.8 Å². The van der Waals surface area contributed by atoms with Crippen molar-refractivity contribution < 1.29 is 13.9 Å². The Morgan fingerprint density at radius 2 is 2.00 bits per heavy atom. The van der Waals surface area contributed by atoms with Crippen molar-refractivity contribution in [2.75, 3.05) is 0 Å². The highest BCUT2D eigenvalue weighted by molar-refractivity contribution is 7.71. The molecular weight excluding hydrogens is 329 g/mol. The van der Waals surface area contributed by atoms with Gasteiger partial charge in [-0.15, -0.1) is 0 Å². The molecule has 1 aromatic heterocycles. The summed E-state index contributed by atoms with van der Waals surface area (Å²) in [6.07, 6.45) is 4.07. The van der Waals surface area contributed by atoms with Crippen LogP contribution in [0.3, 0.4) is 0 Å². The number of carbonyl (C=O) groups excluding carboxylic acids is 1. The van der Waals surface area contributed by atoms with Crippen molar-refractivity contribution in [2.24, 2.45) is 0 Å². The van der Waals surface area contributed by atoms with Crippen molar-refractivity contribution in [1.82, 2.24) is 15.3 Å². The third-order valence-electron chi connectivity index (χ3n) is 4.31. The van der Waals surface area contributed by atoms with Crippen molar-refractivity contribution in [1.29, 1.82) is 0 Å². The molecule has 1 aliphatic rings. The third-order valence-corrected chi connectivity index (χ3v) is 4.51. The molecule has 0 aliphatic heterocycles. The number of hydrogen-bond acceptors (Lipinski definition) is 3. The minimum atomic E-state index is -0.466. The average Bonchev–Trinajstić information content (AvgIpc) is 2.87. The first-order chi connectivity index (χ1) is 11.4. The molecule has 1 saturated carbocycles. The number of H-pyrrole nitrogens is 2. The molecule has 0 atom stereocenters. The Hall–Kier alpha value is -1.73. The summed E-state index contributed by atoms with van der Waals surface area (Å²) in [6.45, 7) is 4.06. The first-order valence-corrected chi connectivity index (χ1v) is 8.71. The lowest BCUT2D eigenvalue weighted by atomic mass is 9.92. The maximum Gasteiger partial charge on any atom is 0.253 e. The van der Waals surface area contributed by atoms with Crippen molar-refractivity contribution in [3.05, 3.63) is 28.3 Å². The van der Waals surface area contributed by atoms with Crippen LogP contribution in [0.15, 0.2) is 12.1 Å². The van der Waals surface area contributed by atoms with Gasteiger partial charge in [0.2, 0.25) is 0 Å². The van der Waals surface area contributed by atoms with E-state index >= 15 is 0 Å². The molecule has 1 amide bonds. The number of nitrogens with one attached hydrogen (secondary N) is 3. The number of benzene rings is 1. The number of aromatic amines is 2. The maximum atomic E-state index is 13.8. The zero-order valence-corrected chi connectivity index (χ0v) is 14.6. The van der Waals surface area contributed by atoms with Crippen LogP contribution in [0, 0.1) is 10.6 Å². The number of imidazole rings is 1. The van der Waals surface area contributed by atoms with E-state index in [0.717, 1.165) is 25.7 Å². The Morgan fingerprint density at radius 3 is 2.67 bits per heavy atom. The smallest absolute Gasteiger partial charge is 0.253 e. The minimum absolute atomic E-state index is 0.0877. The summed E-state index contributed by atoms with van der Waals surface area (Å²) in [4.78, 5) is 18.3. The van der Waals surface area contributed by atoms with Crippen LogP contribution in [-0.2, 0) is 4.74 Å². The van der Waals surface area contributed by atoms with E-state index in [2.05, 4.69) is 15.3 Å². The summed E-state index contributed by atoms with van der Waals surface area (Å²) < 4.78 is 19.9. The van der Waals surface area contributed by atoms with E-state index in [1.54, 1.807) is 0 Å². The van der Waals surface area contributed by atoms with E-state index in [9.17, 15) is 9.18 Å². The highest BCUT2D eigenvalue weighted by Gasteiger charge is 2.24. The zero-order valence-electron chi connectivity index (χ0n) is 13.8. The molecular formula is C17H22FN3O2S. The summed E-state index contributed by atoms with van der Waals surface area (Å²) >= 11 is 5.03. The number of carbonyl (C=O) groups is 1. The van der Waals surface area contributed by atoms with E-state index in [1.165, 1.54) is 12.1 Å². The Morgan fingerprint density at radius 1 is 1.29 bits per heavy atom. The van der Waals surface area contributed by atoms with Gasteiger partial charge in [-0.1, -0.05) is 0 Å². The van der Waals surface area contributed by atoms with E-state index in [4.69, 9.17) is 17.0 Å². The Balaban J connectivity index is 1.69. The fourth-order valence-electron chi connectivity index (χ4n) is 3.28. The summed E-state index contributed by atoms with van der Waals surface area (Å²) in [5, 5.41) is 3.01. The average molecular weight is 351 g/mol. The van der Waals surface area contributed by atoms with Gasteiger partial charge in [-0.3, -0.25) is 4.79 Å². The van der Waals surface area contributed by atoms with E-state index in [-0.39, 0.29) is 29.7 Å². The second kappa shape index (κ2) is 7.03. The number of aromatic nitrogens is 2. The second-order valence-electron chi connectivity index (χ2n) is 6.59. The molecule has 5 nitrogen and oxygen atoms in total. The van der Waals surface area contributed by atoms with Crippen LogP contribution in [0.5, 0.6) is 0 Å². The number of amides is 1. The van der Waals surface area contributed by atoms with Gasteiger partial charge in [0, 0.05) is 6.04 Å². The van der Waals surface area contributed by atoms with Gasteiger partial charge in [0.1, 0.15) is 5.82 Å². The van der Waals surface area contributed by atoms with Crippen molar-refractivity contribution >= 4 is 29.2 Å². The molecule has 1 aliphatic carbocycles. The summed E-state index contributed by atoms with van der Waals surface area (Å²) in [6, 6.07) is 2.65. The SMILES string of the molecule is CC(C)OC1CCC(NC(=O)c2cc(F)cc3[nH]c(=S)[nH]c23)CC1. The molecule has 2 aromatic rings. The fourth-order valence-corrected chi connectivity index (χ4v) is 3.49. The van der Waals surface area contributed by atoms with Crippen molar-refractivity contribution in [2.45, 2.75) is 57.8 Å². The Kier molecular flexibility index (Phi) is 5.01. The first kappa shape index (κ1) is 17.1. The van der Waals surface area contributed by atoms with Crippen LogP contribution in [0.2, 0.25) is 0 Å². The molecule has 3 rings (SSSR count). The van der Waals surface area contributed by atoms with Crippen molar-refractivity contribution in [3.8, 4) is 0 Å². The van der Waals surface area contributed by atoms with Gasteiger partial charge in [-0.05, 0) is 63.9 Å². The van der Waals surface area contributed by atoms with E-state index in [1.807, 2.05) is 13.8 Å². The van der Waals surface area contributed by atoms with Gasteiger partial charge in [-0.2, -0.15) is 0 Å². The zero-order chi connectivity index (χ0) is 17.3. The predicted molar refractivity (Wildman–Crippen MR) is 93.2 cm³/mol. The standard InChI is InChI=1S/C17H22FN3O2S/c1-9(2)23-12-5-3-11(4-6-12)19-16(22)13-7-10(18)8-14-15(13)21-17(24)20-14/h7-9,11-12H,3-6H2,1-2H3,(H,19,22)(H2,20,21,24). The van der Waals surface area contributed by atoms with Crippen LogP contribution in [0.1, 0.15) is 49.9 Å². The lowest BCUT2D eigenvalue weighted by Gasteiger charge is -2.30. The number of ether oxygens (including phenoxy) is 1. The normalized spacial score (nSPS) is 21.3. The second-order valence-corrected chi connectivity index (χ2v) is 7.00. The number of halogens is 1. The van der Waals surface area contributed by atoms with E-state index in [0.29, 0.717) is 15.8 Å². The number of hydrogen-bond donors (Lipinski definition) is 3. The third kappa shape index (κ3) is 3.84. The molecule has 1 fully saturated rings. The molecule has 0 bridgehead atoms. The van der Waals surface area contributed by atoms with E-state index < -0.39 is 5.82 Å². The lowest BCUT2D eigenvalue weighted by molar-refractivity contribution is -0.0159. The summed E-state index contributed by atoms with van der Waals surface area (Å²) in [7, 11) is 0. The molecule has 1 aromatic carbocycles. The predicted octanol–water partition coefficient (Wildman–Crippen LogP) is 3.83.